The summed E-state index contributed by atoms with van der Waals surface area (Å²) in [6, 6.07) is -0.0348. The van der Waals surface area contributed by atoms with Crippen LogP contribution in [0.4, 0.5) is 4.79 Å². The lowest BCUT2D eigenvalue weighted by atomic mass is 10.0. The Kier molecular flexibility index (Phi) is 15.0. The van der Waals surface area contributed by atoms with E-state index in [-0.39, 0.29) is 12.1 Å². The van der Waals surface area contributed by atoms with E-state index in [4.69, 9.17) is 9.47 Å². The van der Waals surface area contributed by atoms with Crippen LogP contribution in [0.1, 0.15) is 53.9 Å². The standard InChI is InChI=1S/C18H38N4O3/c1-6-19-17(20-11-9-10-12-24-7-2)21-14-16(13-15(4)5)22-18(23)25-8-3/h15-16H,6-14H2,1-5H3,(H,22,23)(H2,19,20,21). The zero-order valence-electron chi connectivity index (χ0n) is 16.7. The molecule has 7 heteroatoms. The first-order chi connectivity index (χ1) is 12.0. The Labute approximate surface area is 153 Å². The van der Waals surface area contributed by atoms with E-state index in [0.717, 1.165) is 51.5 Å². The monoisotopic (exact) mass is 358 g/mol. The minimum absolute atomic E-state index is 0.0348. The predicted molar refractivity (Wildman–Crippen MR) is 103 cm³/mol. The SMILES string of the molecule is CCNC(=NCC(CC(C)C)NC(=O)OCC)NCCCCOCC. The number of nitrogens with one attached hydrogen (secondary N) is 3. The van der Waals surface area contributed by atoms with Gasteiger partial charge in [0.25, 0.3) is 0 Å². The van der Waals surface area contributed by atoms with Crippen molar-refractivity contribution in [2.75, 3.05) is 39.5 Å². The molecule has 0 aliphatic rings. The number of hydrogen-bond donors (Lipinski definition) is 3. The van der Waals surface area contributed by atoms with Crippen LogP contribution in [0.3, 0.4) is 0 Å². The molecule has 148 valence electrons. The fourth-order valence-electron chi connectivity index (χ4n) is 2.31. The number of aliphatic imine (C=N–C) groups is 1. The molecule has 0 fully saturated rings. The lowest BCUT2D eigenvalue weighted by Crippen LogP contribution is -2.41. The van der Waals surface area contributed by atoms with Crippen molar-refractivity contribution in [3.63, 3.8) is 0 Å². The van der Waals surface area contributed by atoms with Gasteiger partial charge in [-0.25, -0.2) is 4.79 Å². The molecule has 0 rings (SSSR count). The van der Waals surface area contributed by atoms with Crippen molar-refractivity contribution in [1.29, 1.82) is 0 Å². The first-order valence-corrected chi connectivity index (χ1v) is 9.56. The molecule has 0 spiro atoms. The van der Waals surface area contributed by atoms with E-state index in [2.05, 4.69) is 34.8 Å². The Morgan fingerprint density at radius 2 is 1.84 bits per heavy atom. The highest BCUT2D eigenvalue weighted by molar-refractivity contribution is 5.79. The maximum Gasteiger partial charge on any atom is 0.407 e. The highest BCUT2D eigenvalue weighted by atomic mass is 16.5. The van der Waals surface area contributed by atoms with Gasteiger partial charge in [0, 0.05) is 26.3 Å². The summed E-state index contributed by atoms with van der Waals surface area (Å²) in [6.45, 7) is 14.2. The molecule has 25 heavy (non-hydrogen) atoms. The zero-order valence-corrected chi connectivity index (χ0v) is 16.7. The van der Waals surface area contributed by atoms with Crippen LogP contribution in [0.25, 0.3) is 0 Å². The van der Waals surface area contributed by atoms with Crippen LogP contribution >= 0.6 is 0 Å². The van der Waals surface area contributed by atoms with Crippen LogP contribution in [0.2, 0.25) is 0 Å². The van der Waals surface area contributed by atoms with Crippen LogP contribution in [0.5, 0.6) is 0 Å². The number of carbonyl (C=O) groups is 1. The lowest BCUT2D eigenvalue weighted by molar-refractivity contribution is 0.143. The molecule has 0 saturated carbocycles. The van der Waals surface area contributed by atoms with Crippen molar-refractivity contribution in [3.05, 3.63) is 0 Å². The third-order valence-corrected chi connectivity index (χ3v) is 3.38. The van der Waals surface area contributed by atoms with Crippen LogP contribution in [-0.4, -0.2) is 57.5 Å². The van der Waals surface area contributed by atoms with Crippen molar-refractivity contribution in [2.45, 2.75) is 59.9 Å². The second kappa shape index (κ2) is 16.0. The molecular formula is C18H38N4O3. The Morgan fingerprint density at radius 1 is 1.08 bits per heavy atom. The van der Waals surface area contributed by atoms with Gasteiger partial charge in [0.2, 0.25) is 0 Å². The van der Waals surface area contributed by atoms with Crippen LogP contribution in [0.15, 0.2) is 4.99 Å². The number of amides is 1. The Morgan fingerprint density at radius 3 is 2.44 bits per heavy atom. The van der Waals surface area contributed by atoms with Gasteiger partial charge in [0.05, 0.1) is 19.2 Å². The molecule has 0 heterocycles. The smallest absolute Gasteiger partial charge is 0.407 e. The quantitative estimate of drug-likeness (QED) is 0.268. The molecule has 3 N–H and O–H groups in total. The first-order valence-electron chi connectivity index (χ1n) is 9.56. The van der Waals surface area contributed by atoms with Gasteiger partial charge in [-0.2, -0.15) is 0 Å². The molecule has 0 aromatic heterocycles. The summed E-state index contributed by atoms with van der Waals surface area (Å²) >= 11 is 0. The number of hydrogen-bond acceptors (Lipinski definition) is 4. The van der Waals surface area contributed by atoms with Gasteiger partial charge in [0.15, 0.2) is 5.96 Å². The van der Waals surface area contributed by atoms with E-state index in [1.807, 2.05) is 13.8 Å². The summed E-state index contributed by atoms with van der Waals surface area (Å²) in [7, 11) is 0. The fraction of sp³-hybridized carbons (Fsp3) is 0.889. The first kappa shape index (κ1) is 23.5. The van der Waals surface area contributed by atoms with E-state index in [1.54, 1.807) is 6.92 Å². The third kappa shape index (κ3) is 14.5. The van der Waals surface area contributed by atoms with Crippen LogP contribution < -0.4 is 16.0 Å². The molecule has 1 unspecified atom stereocenters. The van der Waals surface area contributed by atoms with E-state index in [1.165, 1.54) is 0 Å². The minimum atomic E-state index is -0.378. The molecule has 0 aromatic rings. The Bertz CT molecular complexity index is 362. The van der Waals surface area contributed by atoms with E-state index in [0.29, 0.717) is 19.1 Å². The number of unbranched alkanes of at least 4 members (excludes halogenated alkanes) is 1. The number of ether oxygens (including phenoxy) is 2. The topological polar surface area (TPSA) is 84.0 Å². The van der Waals surface area contributed by atoms with Crippen molar-refractivity contribution in [3.8, 4) is 0 Å². The fourth-order valence-corrected chi connectivity index (χ4v) is 2.31. The number of rotatable bonds is 13. The number of guanidine groups is 1. The summed E-state index contributed by atoms with van der Waals surface area (Å²) in [5.74, 6) is 1.24. The van der Waals surface area contributed by atoms with Crippen LogP contribution in [0, 0.1) is 5.92 Å². The Hall–Kier alpha value is -1.50. The summed E-state index contributed by atoms with van der Waals surface area (Å²) in [5.41, 5.74) is 0. The average Bonchev–Trinajstić information content (AvgIpc) is 2.55. The highest BCUT2D eigenvalue weighted by Gasteiger charge is 2.14. The zero-order chi connectivity index (χ0) is 18.9. The van der Waals surface area contributed by atoms with Gasteiger partial charge in [-0.05, 0) is 46.0 Å². The van der Waals surface area contributed by atoms with Crippen molar-refractivity contribution < 1.29 is 14.3 Å². The van der Waals surface area contributed by atoms with E-state index < -0.39 is 0 Å². The normalized spacial score (nSPS) is 12.8. The van der Waals surface area contributed by atoms with Crippen molar-refractivity contribution in [1.82, 2.24) is 16.0 Å². The van der Waals surface area contributed by atoms with Gasteiger partial charge in [-0.3, -0.25) is 4.99 Å². The summed E-state index contributed by atoms with van der Waals surface area (Å²) in [4.78, 5) is 16.3. The van der Waals surface area contributed by atoms with Crippen LogP contribution in [-0.2, 0) is 9.47 Å². The molecule has 7 nitrogen and oxygen atoms in total. The van der Waals surface area contributed by atoms with Gasteiger partial charge in [0.1, 0.15) is 0 Å². The molecule has 1 atom stereocenters. The molecule has 1 amide bonds. The summed E-state index contributed by atoms with van der Waals surface area (Å²) in [5, 5.41) is 9.46. The number of alkyl carbamates (subject to hydrolysis) is 1. The maximum atomic E-state index is 11.7. The lowest BCUT2D eigenvalue weighted by Gasteiger charge is -2.19. The molecule has 0 radical (unpaired) electrons. The molecule has 0 bridgehead atoms. The summed E-state index contributed by atoms with van der Waals surface area (Å²) < 4.78 is 10.3. The van der Waals surface area contributed by atoms with E-state index >= 15 is 0 Å². The molecule has 0 aromatic carbocycles. The number of nitrogens with zero attached hydrogens (tertiary/aromatic N) is 1. The molecule has 0 aliphatic heterocycles. The maximum absolute atomic E-state index is 11.7. The minimum Gasteiger partial charge on any atom is -0.450 e. The van der Waals surface area contributed by atoms with Gasteiger partial charge < -0.3 is 25.4 Å². The largest absolute Gasteiger partial charge is 0.450 e. The predicted octanol–water partition coefficient (Wildman–Crippen LogP) is 2.52. The second-order valence-electron chi connectivity index (χ2n) is 6.24. The van der Waals surface area contributed by atoms with Gasteiger partial charge in [-0.1, -0.05) is 13.8 Å². The number of carbonyl (C=O) groups excluding carboxylic acids is 1. The second-order valence-corrected chi connectivity index (χ2v) is 6.24. The molecule has 0 aliphatic carbocycles. The highest BCUT2D eigenvalue weighted by Crippen LogP contribution is 2.05. The molecule has 0 saturated heterocycles. The Balaban J connectivity index is 4.44. The van der Waals surface area contributed by atoms with E-state index in [9.17, 15) is 4.79 Å². The van der Waals surface area contributed by atoms with Crippen molar-refractivity contribution >= 4 is 12.1 Å². The van der Waals surface area contributed by atoms with Gasteiger partial charge >= 0.3 is 6.09 Å². The molecular weight excluding hydrogens is 320 g/mol. The summed E-state index contributed by atoms with van der Waals surface area (Å²) in [6.07, 6.45) is 2.54. The third-order valence-electron chi connectivity index (χ3n) is 3.38. The average molecular weight is 359 g/mol. The van der Waals surface area contributed by atoms with Crippen molar-refractivity contribution in [2.24, 2.45) is 10.9 Å². The van der Waals surface area contributed by atoms with Gasteiger partial charge in [-0.15, -0.1) is 0 Å².